The lowest BCUT2D eigenvalue weighted by Gasteiger charge is -2.05. The number of hydrogen-bond acceptors (Lipinski definition) is 3. The lowest BCUT2D eigenvalue weighted by molar-refractivity contribution is 0.386. The summed E-state index contributed by atoms with van der Waals surface area (Å²) < 4.78 is 20.1. The van der Waals surface area contributed by atoms with Crippen LogP contribution in [-0.4, -0.2) is 22.1 Å². The van der Waals surface area contributed by atoms with E-state index in [1.165, 1.54) is 13.2 Å². The van der Waals surface area contributed by atoms with E-state index in [-0.39, 0.29) is 16.9 Å². The van der Waals surface area contributed by atoms with Gasteiger partial charge in [0.05, 0.1) is 25.2 Å². The lowest BCUT2D eigenvalue weighted by Crippen LogP contribution is -2.01. The van der Waals surface area contributed by atoms with Crippen molar-refractivity contribution >= 4 is 11.6 Å². The molecule has 1 unspecified atom stereocenters. The Morgan fingerprint density at radius 3 is 2.89 bits per heavy atom. The molecule has 0 bridgehead atoms. The van der Waals surface area contributed by atoms with E-state index in [1.807, 2.05) is 6.92 Å². The number of benzene rings is 1. The molecule has 0 aliphatic heterocycles. The van der Waals surface area contributed by atoms with Gasteiger partial charge in [-0.2, -0.15) is 0 Å². The highest BCUT2D eigenvalue weighted by molar-refractivity contribution is 6.20. The fourth-order valence-electron chi connectivity index (χ4n) is 1.74. The topological polar surface area (TPSA) is 39.9 Å². The van der Waals surface area contributed by atoms with Crippen molar-refractivity contribution < 1.29 is 9.13 Å². The normalized spacial score (nSPS) is 12.4. The monoisotopic (exact) mass is 283 g/mol. The van der Waals surface area contributed by atoms with Gasteiger partial charge in [0, 0.05) is 0 Å². The van der Waals surface area contributed by atoms with Gasteiger partial charge in [0.25, 0.3) is 0 Å². The number of rotatable bonds is 5. The van der Waals surface area contributed by atoms with Gasteiger partial charge in [-0.1, -0.05) is 18.2 Å². The maximum absolute atomic E-state index is 13.5. The molecule has 1 heterocycles. The second-order valence-electron chi connectivity index (χ2n) is 4.19. The van der Waals surface area contributed by atoms with Crippen LogP contribution >= 0.6 is 11.6 Å². The van der Waals surface area contributed by atoms with Crippen molar-refractivity contribution in [2.24, 2.45) is 0 Å². The molecule has 0 amide bonds. The molecule has 102 valence electrons. The van der Waals surface area contributed by atoms with E-state index in [9.17, 15) is 4.39 Å². The van der Waals surface area contributed by atoms with E-state index in [2.05, 4.69) is 10.3 Å². The number of ether oxygens (including phenoxy) is 1. The van der Waals surface area contributed by atoms with Crippen LogP contribution in [0, 0.1) is 5.82 Å². The van der Waals surface area contributed by atoms with Crippen LogP contribution in [-0.2, 0) is 6.54 Å². The van der Waals surface area contributed by atoms with Gasteiger partial charge in [-0.25, -0.2) is 9.07 Å². The first-order valence-electron chi connectivity index (χ1n) is 6.00. The van der Waals surface area contributed by atoms with E-state index in [0.29, 0.717) is 6.54 Å². The second kappa shape index (κ2) is 6.02. The SMILES string of the molecule is CCC(Cl)c1cn(Cc2ccc(OC)c(F)c2)nn1. The molecule has 0 saturated heterocycles. The number of alkyl halides is 1. The first-order chi connectivity index (χ1) is 9.13. The van der Waals surface area contributed by atoms with E-state index in [4.69, 9.17) is 16.3 Å². The van der Waals surface area contributed by atoms with Crippen LogP contribution in [0.1, 0.15) is 30.0 Å². The van der Waals surface area contributed by atoms with Crippen LogP contribution in [0.25, 0.3) is 0 Å². The van der Waals surface area contributed by atoms with Crippen molar-refractivity contribution in [3.8, 4) is 5.75 Å². The van der Waals surface area contributed by atoms with Crippen molar-refractivity contribution in [1.82, 2.24) is 15.0 Å². The van der Waals surface area contributed by atoms with Crippen molar-refractivity contribution in [3.05, 3.63) is 41.5 Å². The zero-order chi connectivity index (χ0) is 13.8. The van der Waals surface area contributed by atoms with Crippen LogP contribution in [0.2, 0.25) is 0 Å². The molecule has 19 heavy (non-hydrogen) atoms. The zero-order valence-electron chi connectivity index (χ0n) is 10.8. The summed E-state index contributed by atoms with van der Waals surface area (Å²) in [6, 6.07) is 4.82. The molecule has 1 aromatic heterocycles. The molecule has 0 aliphatic carbocycles. The maximum Gasteiger partial charge on any atom is 0.165 e. The number of aromatic nitrogens is 3. The van der Waals surface area contributed by atoms with Crippen molar-refractivity contribution in [2.45, 2.75) is 25.3 Å². The molecule has 4 nitrogen and oxygen atoms in total. The Morgan fingerprint density at radius 1 is 1.47 bits per heavy atom. The molecular formula is C13H15ClFN3O. The van der Waals surface area contributed by atoms with Crippen LogP contribution < -0.4 is 4.74 Å². The van der Waals surface area contributed by atoms with Gasteiger partial charge in [0.1, 0.15) is 5.69 Å². The summed E-state index contributed by atoms with van der Waals surface area (Å²) in [6.07, 6.45) is 2.57. The van der Waals surface area contributed by atoms with Crippen LogP contribution in [0.15, 0.2) is 24.4 Å². The van der Waals surface area contributed by atoms with Crippen molar-refractivity contribution in [1.29, 1.82) is 0 Å². The molecule has 6 heteroatoms. The van der Waals surface area contributed by atoms with Gasteiger partial charge in [0.2, 0.25) is 0 Å². The van der Waals surface area contributed by atoms with Gasteiger partial charge < -0.3 is 4.74 Å². The standard InChI is InChI=1S/C13H15ClFN3O/c1-3-10(14)12-8-18(17-16-12)7-9-4-5-13(19-2)11(15)6-9/h4-6,8,10H,3,7H2,1-2H3. The van der Waals surface area contributed by atoms with E-state index in [0.717, 1.165) is 17.7 Å². The Balaban J connectivity index is 2.12. The highest BCUT2D eigenvalue weighted by Crippen LogP contribution is 2.21. The third-order valence-corrected chi connectivity index (χ3v) is 3.33. The third-order valence-electron chi connectivity index (χ3n) is 2.80. The fourth-order valence-corrected chi connectivity index (χ4v) is 1.84. The molecule has 0 fully saturated rings. The molecular weight excluding hydrogens is 269 g/mol. The first-order valence-corrected chi connectivity index (χ1v) is 6.44. The Hall–Kier alpha value is -1.62. The van der Waals surface area contributed by atoms with Crippen molar-refractivity contribution in [3.63, 3.8) is 0 Å². The van der Waals surface area contributed by atoms with Gasteiger partial charge >= 0.3 is 0 Å². The van der Waals surface area contributed by atoms with Crippen molar-refractivity contribution in [2.75, 3.05) is 7.11 Å². The highest BCUT2D eigenvalue weighted by atomic mass is 35.5. The summed E-state index contributed by atoms with van der Waals surface area (Å²) in [7, 11) is 1.44. The molecule has 0 radical (unpaired) electrons. The highest BCUT2D eigenvalue weighted by Gasteiger charge is 2.10. The van der Waals surface area contributed by atoms with Gasteiger partial charge in [-0.15, -0.1) is 16.7 Å². The summed E-state index contributed by atoms with van der Waals surface area (Å²) in [5.41, 5.74) is 1.52. The zero-order valence-corrected chi connectivity index (χ0v) is 11.6. The first kappa shape index (κ1) is 13.8. The Bertz CT molecular complexity index is 559. The molecule has 1 aromatic carbocycles. The number of methoxy groups -OCH3 is 1. The third kappa shape index (κ3) is 3.23. The summed E-state index contributed by atoms with van der Waals surface area (Å²) in [5.74, 6) is -0.154. The van der Waals surface area contributed by atoms with E-state index in [1.54, 1.807) is 23.0 Å². The van der Waals surface area contributed by atoms with E-state index < -0.39 is 0 Å². The molecule has 0 saturated carbocycles. The number of hydrogen-bond donors (Lipinski definition) is 0. The van der Waals surface area contributed by atoms with Gasteiger partial charge in [-0.3, -0.25) is 0 Å². The minimum absolute atomic E-state index is 0.138. The van der Waals surface area contributed by atoms with Crippen LogP contribution in [0.3, 0.4) is 0 Å². The number of nitrogens with zero attached hydrogens (tertiary/aromatic N) is 3. The summed E-state index contributed by atoms with van der Waals surface area (Å²) >= 11 is 6.08. The maximum atomic E-state index is 13.5. The lowest BCUT2D eigenvalue weighted by atomic mass is 10.2. The largest absolute Gasteiger partial charge is 0.494 e. The van der Waals surface area contributed by atoms with E-state index >= 15 is 0 Å². The summed E-state index contributed by atoms with van der Waals surface area (Å²) in [4.78, 5) is 0. The molecule has 2 rings (SSSR count). The fraction of sp³-hybridized carbons (Fsp3) is 0.385. The Labute approximate surface area is 116 Å². The summed E-state index contributed by atoms with van der Waals surface area (Å²) in [6.45, 7) is 2.43. The Kier molecular flexibility index (Phi) is 4.37. The van der Waals surface area contributed by atoms with Gasteiger partial charge in [-0.05, 0) is 24.1 Å². The average Bonchev–Trinajstić information content (AvgIpc) is 2.86. The smallest absolute Gasteiger partial charge is 0.165 e. The van der Waals surface area contributed by atoms with Crippen LogP contribution in [0.4, 0.5) is 4.39 Å². The van der Waals surface area contributed by atoms with Gasteiger partial charge in [0.15, 0.2) is 11.6 Å². The molecule has 1 atom stereocenters. The molecule has 0 aliphatic rings. The second-order valence-corrected chi connectivity index (χ2v) is 4.71. The molecule has 0 spiro atoms. The number of halogens is 2. The molecule has 2 aromatic rings. The Morgan fingerprint density at radius 2 is 2.26 bits per heavy atom. The predicted molar refractivity (Wildman–Crippen MR) is 71.0 cm³/mol. The predicted octanol–water partition coefficient (Wildman–Crippen LogP) is 3.16. The molecule has 0 N–H and O–H groups in total. The minimum atomic E-state index is -0.385. The summed E-state index contributed by atoms with van der Waals surface area (Å²) in [5, 5.41) is 7.85. The van der Waals surface area contributed by atoms with Crippen LogP contribution in [0.5, 0.6) is 5.75 Å². The minimum Gasteiger partial charge on any atom is -0.494 e. The quantitative estimate of drug-likeness (QED) is 0.791. The average molecular weight is 284 g/mol.